The minimum absolute atomic E-state index is 0.00530. The van der Waals surface area contributed by atoms with E-state index in [-0.39, 0.29) is 48.0 Å². The maximum Gasteiger partial charge on any atom is 0.258 e. The van der Waals surface area contributed by atoms with Gasteiger partial charge in [-0.1, -0.05) is 18.9 Å². The van der Waals surface area contributed by atoms with Crippen molar-refractivity contribution in [2.45, 2.75) is 63.2 Å². The second kappa shape index (κ2) is 8.37. The Labute approximate surface area is 193 Å². The molecule has 2 saturated carbocycles. The average molecular weight is 449 g/mol. The average Bonchev–Trinajstić information content (AvgIpc) is 3.45. The molecule has 1 saturated heterocycles. The quantitative estimate of drug-likeness (QED) is 0.708. The number of hydrogen-bond donors (Lipinski definition) is 2. The number of aliphatic hydroxyl groups excluding tert-OH is 1. The van der Waals surface area contributed by atoms with Crippen molar-refractivity contribution in [3.63, 3.8) is 0 Å². The van der Waals surface area contributed by atoms with Crippen molar-refractivity contribution in [2.75, 3.05) is 13.2 Å². The van der Waals surface area contributed by atoms with Crippen LogP contribution in [-0.4, -0.2) is 50.7 Å². The van der Waals surface area contributed by atoms with Crippen molar-refractivity contribution >= 4 is 5.91 Å². The Balaban J connectivity index is 1.41. The smallest absolute Gasteiger partial charge is 0.258 e. The molecule has 0 unspecified atom stereocenters. The fourth-order valence-corrected chi connectivity index (χ4v) is 6.48. The van der Waals surface area contributed by atoms with Crippen LogP contribution in [0.15, 0.2) is 41.5 Å². The first-order valence-electron chi connectivity index (χ1n) is 12.5. The van der Waals surface area contributed by atoms with Crippen LogP contribution in [0.4, 0.5) is 0 Å². The van der Waals surface area contributed by atoms with E-state index in [1.54, 1.807) is 12.4 Å². The molecule has 4 atom stereocenters. The summed E-state index contributed by atoms with van der Waals surface area (Å²) in [5.74, 6) is 0.207. The van der Waals surface area contributed by atoms with E-state index in [0.717, 1.165) is 43.5 Å². The van der Waals surface area contributed by atoms with E-state index < -0.39 is 0 Å². The molecular weight excluding hydrogens is 416 g/mol. The zero-order chi connectivity index (χ0) is 22.5. The van der Waals surface area contributed by atoms with Gasteiger partial charge in [0, 0.05) is 66.9 Å². The van der Waals surface area contributed by atoms with Crippen LogP contribution in [0.1, 0.15) is 50.3 Å². The number of nitrogens with one attached hydrogen (secondary N) is 1. The first kappa shape index (κ1) is 21.1. The molecule has 2 bridgehead atoms. The van der Waals surface area contributed by atoms with Gasteiger partial charge in [-0.3, -0.25) is 19.5 Å². The maximum absolute atomic E-state index is 13.6. The van der Waals surface area contributed by atoms with E-state index in [1.165, 1.54) is 12.8 Å². The number of nitrogens with zero attached hydrogens (tertiary/aromatic N) is 3. The molecule has 4 heterocycles. The summed E-state index contributed by atoms with van der Waals surface area (Å²) in [5, 5.41) is 13.7. The van der Waals surface area contributed by atoms with Gasteiger partial charge in [0.1, 0.15) is 0 Å². The monoisotopic (exact) mass is 448 g/mol. The summed E-state index contributed by atoms with van der Waals surface area (Å²) >= 11 is 0. The van der Waals surface area contributed by atoms with Gasteiger partial charge in [0.2, 0.25) is 5.91 Å². The van der Waals surface area contributed by atoms with Gasteiger partial charge in [-0.15, -0.1) is 0 Å². The number of carbonyl (C=O) groups is 1. The normalized spacial score (nSPS) is 29.2. The second-order valence-corrected chi connectivity index (χ2v) is 10.3. The van der Waals surface area contributed by atoms with Crippen LogP contribution in [0.5, 0.6) is 0 Å². The van der Waals surface area contributed by atoms with Gasteiger partial charge < -0.3 is 15.0 Å². The summed E-state index contributed by atoms with van der Waals surface area (Å²) in [6, 6.07) is 7.73. The Kier molecular flexibility index (Phi) is 5.34. The number of fused-ring (bicyclic) bond motifs is 4. The molecule has 0 spiro atoms. The molecule has 2 aliphatic heterocycles. The van der Waals surface area contributed by atoms with Crippen molar-refractivity contribution in [1.29, 1.82) is 0 Å². The molecule has 7 heteroatoms. The van der Waals surface area contributed by atoms with E-state index in [0.29, 0.717) is 18.0 Å². The Morgan fingerprint density at radius 3 is 2.67 bits per heavy atom. The van der Waals surface area contributed by atoms with E-state index in [1.807, 2.05) is 28.8 Å². The Bertz CT molecular complexity index is 1090. The van der Waals surface area contributed by atoms with Crippen LogP contribution in [0.3, 0.4) is 0 Å². The third-order valence-corrected chi connectivity index (χ3v) is 8.31. The number of hydrogen-bond acceptors (Lipinski definition) is 5. The summed E-state index contributed by atoms with van der Waals surface area (Å²) < 4.78 is 1.87. The van der Waals surface area contributed by atoms with E-state index in [4.69, 9.17) is 0 Å². The van der Waals surface area contributed by atoms with Gasteiger partial charge in [-0.2, -0.15) is 0 Å². The molecule has 0 aromatic carbocycles. The number of aromatic nitrogens is 2. The highest BCUT2D eigenvalue weighted by atomic mass is 16.3. The molecule has 4 aliphatic rings. The lowest BCUT2D eigenvalue weighted by molar-refractivity contribution is -0.128. The van der Waals surface area contributed by atoms with Crippen molar-refractivity contribution in [2.24, 2.45) is 17.8 Å². The van der Waals surface area contributed by atoms with Gasteiger partial charge in [-0.05, 0) is 49.8 Å². The highest BCUT2D eigenvalue weighted by Gasteiger charge is 2.56. The van der Waals surface area contributed by atoms with Gasteiger partial charge in [0.15, 0.2) is 0 Å². The molecule has 2 aromatic rings. The van der Waals surface area contributed by atoms with Crippen molar-refractivity contribution in [1.82, 2.24) is 19.8 Å². The van der Waals surface area contributed by atoms with Gasteiger partial charge in [-0.25, -0.2) is 0 Å². The minimum Gasteiger partial charge on any atom is -0.396 e. The Hall–Kier alpha value is -2.51. The second-order valence-electron chi connectivity index (χ2n) is 10.3. The largest absolute Gasteiger partial charge is 0.396 e. The van der Waals surface area contributed by atoms with Crippen LogP contribution in [0, 0.1) is 17.8 Å². The van der Waals surface area contributed by atoms with Crippen LogP contribution >= 0.6 is 0 Å². The Morgan fingerprint density at radius 1 is 1.15 bits per heavy atom. The van der Waals surface area contributed by atoms with Crippen LogP contribution < -0.4 is 10.9 Å². The fourth-order valence-electron chi connectivity index (χ4n) is 6.48. The molecular formula is C26H32N4O3. The van der Waals surface area contributed by atoms with Gasteiger partial charge >= 0.3 is 0 Å². The first-order chi connectivity index (χ1) is 16.2. The first-order valence-corrected chi connectivity index (χ1v) is 12.5. The predicted molar refractivity (Wildman–Crippen MR) is 124 cm³/mol. The highest BCUT2D eigenvalue weighted by Crippen LogP contribution is 2.50. The lowest BCUT2D eigenvalue weighted by Gasteiger charge is -2.38. The van der Waals surface area contributed by atoms with E-state index >= 15 is 0 Å². The molecule has 6 rings (SSSR count). The van der Waals surface area contributed by atoms with E-state index in [2.05, 4.69) is 15.2 Å². The number of aliphatic hydroxyl groups is 1. The van der Waals surface area contributed by atoms with Crippen molar-refractivity contribution < 1.29 is 9.90 Å². The molecule has 2 aliphatic carbocycles. The molecule has 1 amide bonds. The summed E-state index contributed by atoms with van der Waals surface area (Å²) in [6.45, 7) is 1.42. The number of pyridine rings is 2. The molecule has 3 fully saturated rings. The molecule has 2 aromatic heterocycles. The highest BCUT2D eigenvalue weighted by molar-refractivity contribution is 5.81. The SMILES string of the molecule is O=C(NC1CCCC1)[C@@H]1[C@@H](CO)[C@@H]2Cn3c(ccc(-c4cccnc4)c3=O)[C@H]1N2CC1CC1. The molecule has 174 valence electrons. The summed E-state index contributed by atoms with van der Waals surface area (Å²) in [4.78, 5) is 33.8. The number of amides is 1. The molecule has 7 nitrogen and oxygen atoms in total. The third-order valence-electron chi connectivity index (χ3n) is 8.31. The minimum atomic E-state index is -0.336. The molecule has 2 N–H and O–H groups in total. The topological polar surface area (TPSA) is 87.5 Å². The fraction of sp³-hybridized carbons (Fsp3) is 0.577. The lowest BCUT2D eigenvalue weighted by atomic mass is 9.86. The standard InChI is InChI=1S/C26H32N4O3/c31-15-20-22-14-30-21(10-9-19(26(30)33)17-4-3-11-27-12-17)24(29(22)13-16-7-8-16)23(20)25(32)28-18-5-1-2-6-18/h3-4,9-12,16,18,20,22-24,31H,1-2,5-8,13-15H2,(H,28,32)/t20-,22-,23+,24+/m0/s1. The van der Waals surface area contributed by atoms with Gasteiger partial charge in [0.05, 0.1) is 12.0 Å². The summed E-state index contributed by atoms with van der Waals surface area (Å²) in [6.07, 6.45) is 10.3. The Morgan fingerprint density at radius 2 is 1.97 bits per heavy atom. The van der Waals surface area contributed by atoms with Crippen molar-refractivity contribution in [3.05, 3.63) is 52.7 Å². The zero-order valence-electron chi connectivity index (χ0n) is 18.9. The number of carbonyl (C=O) groups excluding carboxylic acids is 1. The third kappa shape index (κ3) is 3.62. The predicted octanol–water partition coefficient (Wildman–Crippen LogP) is 2.34. The van der Waals surface area contributed by atoms with Crippen LogP contribution in [0.2, 0.25) is 0 Å². The zero-order valence-corrected chi connectivity index (χ0v) is 18.9. The van der Waals surface area contributed by atoms with E-state index in [9.17, 15) is 14.7 Å². The summed E-state index contributed by atoms with van der Waals surface area (Å²) in [5.41, 5.74) is 2.32. The molecule has 0 radical (unpaired) electrons. The number of rotatable bonds is 6. The van der Waals surface area contributed by atoms with Crippen molar-refractivity contribution in [3.8, 4) is 11.1 Å². The lowest BCUT2D eigenvalue weighted by Crippen LogP contribution is -2.47. The van der Waals surface area contributed by atoms with Gasteiger partial charge in [0.25, 0.3) is 5.56 Å². The van der Waals surface area contributed by atoms with Crippen LogP contribution in [-0.2, 0) is 11.3 Å². The van der Waals surface area contributed by atoms with Crippen LogP contribution in [0.25, 0.3) is 11.1 Å². The summed E-state index contributed by atoms with van der Waals surface area (Å²) in [7, 11) is 0. The molecule has 33 heavy (non-hydrogen) atoms. The maximum atomic E-state index is 13.6.